The molecule has 2 nitrogen and oxygen atoms in total. The van der Waals surface area contributed by atoms with E-state index in [0.717, 1.165) is 11.3 Å². The highest BCUT2D eigenvalue weighted by atomic mass is 35.5. The largest absolute Gasteiger partial charge is 0.347 e. The van der Waals surface area contributed by atoms with Crippen molar-refractivity contribution in [2.75, 3.05) is 0 Å². The lowest BCUT2D eigenvalue weighted by Crippen LogP contribution is -2.23. The number of rotatable bonds is 4. The van der Waals surface area contributed by atoms with Gasteiger partial charge in [0.2, 0.25) is 0 Å². The molecular formula is C14H13ClFNOS. The van der Waals surface area contributed by atoms with Crippen LogP contribution in [0.3, 0.4) is 0 Å². The first-order valence-electron chi connectivity index (χ1n) is 5.91. The van der Waals surface area contributed by atoms with Crippen LogP contribution in [-0.4, -0.2) is 5.91 Å². The summed E-state index contributed by atoms with van der Waals surface area (Å²) in [6, 6.07) is 7.94. The molecule has 0 aliphatic carbocycles. The van der Waals surface area contributed by atoms with E-state index in [2.05, 4.69) is 12.2 Å². The summed E-state index contributed by atoms with van der Waals surface area (Å²) in [7, 11) is 0. The summed E-state index contributed by atoms with van der Waals surface area (Å²) in [4.78, 5) is 14.2. The molecule has 1 aromatic heterocycles. The molecule has 0 radical (unpaired) electrons. The lowest BCUT2D eigenvalue weighted by molar-refractivity contribution is 0.0947. The molecule has 100 valence electrons. The Hall–Kier alpha value is -1.39. The monoisotopic (exact) mass is 297 g/mol. The number of hydrogen-bond donors (Lipinski definition) is 1. The van der Waals surface area contributed by atoms with Gasteiger partial charge in [-0.25, -0.2) is 4.39 Å². The van der Waals surface area contributed by atoms with E-state index < -0.39 is 11.7 Å². The summed E-state index contributed by atoms with van der Waals surface area (Å²) in [6.07, 6.45) is 0.974. The SMILES string of the molecule is CCc1ccc(CNC(=O)c2cc(Cl)ccc2F)s1. The Bertz CT molecular complexity index is 597. The van der Waals surface area contributed by atoms with E-state index in [-0.39, 0.29) is 5.56 Å². The number of aryl methyl sites for hydroxylation is 1. The first kappa shape index (κ1) is 14.0. The highest BCUT2D eigenvalue weighted by Crippen LogP contribution is 2.18. The molecule has 2 rings (SSSR count). The van der Waals surface area contributed by atoms with Crippen molar-refractivity contribution in [3.8, 4) is 0 Å². The van der Waals surface area contributed by atoms with E-state index in [1.807, 2.05) is 12.1 Å². The topological polar surface area (TPSA) is 29.1 Å². The summed E-state index contributed by atoms with van der Waals surface area (Å²) in [5.74, 6) is -1.02. The zero-order valence-electron chi connectivity index (χ0n) is 10.4. The molecule has 0 saturated carbocycles. The molecule has 0 fully saturated rings. The number of carbonyl (C=O) groups is 1. The van der Waals surface area contributed by atoms with Gasteiger partial charge in [-0.15, -0.1) is 11.3 Å². The van der Waals surface area contributed by atoms with Crippen molar-refractivity contribution < 1.29 is 9.18 Å². The first-order valence-corrected chi connectivity index (χ1v) is 7.10. The molecule has 0 saturated heterocycles. The molecule has 1 amide bonds. The Morgan fingerprint density at radius 3 is 2.74 bits per heavy atom. The van der Waals surface area contributed by atoms with Gasteiger partial charge >= 0.3 is 0 Å². The van der Waals surface area contributed by atoms with Crippen LogP contribution >= 0.6 is 22.9 Å². The Morgan fingerprint density at radius 1 is 1.32 bits per heavy atom. The highest BCUT2D eigenvalue weighted by molar-refractivity contribution is 7.11. The second-order valence-corrected chi connectivity index (χ2v) is 5.72. The van der Waals surface area contributed by atoms with Crippen LogP contribution in [0.15, 0.2) is 30.3 Å². The molecule has 19 heavy (non-hydrogen) atoms. The Balaban J connectivity index is 2.03. The van der Waals surface area contributed by atoms with Crippen molar-refractivity contribution in [3.05, 3.63) is 56.5 Å². The molecule has 2 aromatic rings. The van der Waals surface area contributed by atoms with Gasteiger partial charge in [-0.2, -0.15) is 0 Å². The maximum Gasteiger partial charge on any atom is 0.254 e. The number of hydrogen-bond acceptors (Lipinski definition) is 2. The van der Waals surface area contributed by atoms with Crippen LogP contribution in [0.5, 0.6) is 0 Å². The van der Waals surface area contributed by atoms with Crippen LogP contribution < -0.4 is 5.32 Å². The number of thiophene rings is 1. The molecule has 0 unspecified atom stereocenters. The number of nitrogens with one attached hydrogen (secondary N) is 1. The minimum absolute atomic E-state index is 0.0280. The standard InChI is InChI=1S/C14H13ClFNOS/c1-2-10-4-5-11(19-10)8-17-14(18)12-7-9(15)3-6-13(12)16/h3-7H,2,8H2,1H3,(H,17,18). The third-order valence-corrected chi connectivity index (χ3v) is 4.13. The molecular weight excluding hydrogens is 285 g/mol. The van der Waals surface area contributed by atoms with Crippen LogP contribution in [0.1, 0.15) is 27.0 Å². The van der Waals surface area contributed by atoms with Gasteiger partial charge in [0.15, 0.2) is 0 Å². The van der Waals surface area contributed by atoms with Gasteiger partial charge in [0, 0.05) is 14.8 Å². The van der Waals surface area contributed by atoms with Gasteiger partial charge < -0.3 is 5.32 Å². The predicted octanol–water partition coefficient (Wildman–Crippen LogP) is 4.03. The van der Waals surface area contributed by atoms with Crippen molar-refractivity contribution in [2.24, 2.45) is 0 Å². The summed E-state index contributed by atoms with van der Waals surface area (Å²) in [5, 5.41) is 3.04. The van der Waals surface area contributed by atoms with Gasteiger partial charge in [-0.1, -0.05) is 18.5 Å². The fourth-order valence-corrected chi connectivity index (χ4v) is 2.71. The van der Waals surface area contributed by atoms with Crippen molar-refractivity contribution >= 4 is 28.8 Å². The van der Waals surface area contributed by atoms with Crippen molar-refractivity contribution in [2.45, 2.75) is 19.9 Å². The van der Waals surface area contributed by atoms with Gasteiger partial charge in [-0.05, 0) is 36.8 Å². The zero-order valence-corrected chi connectivity index (χ0v) is 11.9. The number of carbonyl (C=O) groups excluding carboxylic acids is 1. The summed E-state index contributed by atoms with van der Waals surface area (Å²) < 4.78 is 13.5. The highest BCUT2D eigenvalue weighted by Gasteiger charge is 2.12. The van der Waals surface area contributed by atoms with Gasteiger partial charge in [0.1, 0.15) is 5.82 Å². The second-order valence-electron chi connectivity index (χ2n) is 4.03. The third-order valence-electron chi connectivity index (χ3n) is 2.66. The molecule has 0 aliphatic rings. The van der Waals surface area contributed by atoms with E-state index in [1.165, 1.54) is 23.1 Å². The molecule has 0 aliphatic heterocycles. The minimum atomic E-state index is -0.567. The zero-order chi connectivity index (χ0) is 13.8. The molecule has 5 heteroatoms. The first-order chi connectivity index (χ1) is 9.10. The van der Waals surface area contributed by atoms with E-state index in [4.69, 9.17) is 11.6 Å². The van der Waals surface area contributed by atoms with Crippen molar-refractivity contribution in [1.82, 2.24) is 5.32 Å². The second kappa shape index (κ2) is 6.17. The molecule has 0 spiro atoms. The summed E-state index contributed by atoms with van der Waals surface area (Å²) >= 11 is 7.40. The molecule has 0 atom stereocenters. The Kier molecular flexibility index (Phi) is 4.56. The quantitative estimate of drug-likeness (QED) is 0.907. The molecule has 1 heterocycles. The Labute approximate surface area is 120 Å². The lowest BCUT2D eigenvalue weighted by Gasteiger charge is -2.05. The average molecular weight is 298 g/mol. The predicted molar refractivity (Wildman–Crippen MR) is 76.3 cm³/mol. The van der Waals surface area contributed by atoms with E-state index in [0.29, 0.717) is 11.6 Å². The van der Waals surface area contributed by atoms with Crippen LogP contribution in [0.2, 0.25) is 5.02 Å². The normalized spacial score (nSPS) is 10.5. The Morgan fingerprint density at radius 2 is 2.05 bits per heavy atom. The van der Waals surface area contributed by atoms with Gasteiger partial charge in [0.25, 0.3) is 5.91 Å². The molecule has 1 aromatic carbocycles. The van der Waals surface area contributed by atoms with Gasteiger partial charge in [-0.3, -0.25) is 4.79 Å². The van der Waals surface area contributed by atoms with Crippen LogP contribution in [0, 0.1) is 5.82 Å². The number of halogens is 2. The minimum Gasteiger partial charge on any atom is -0.347 e. The van der Waals surface area contributed by atoms with Crippen molar-refractivity contribution in [3.63, 3.8) is 0 Å². The smallest absolute Gasteiger partial charge is 0.254 e. The molecule has 0 bridgehead atoms. The fraction of sp³-hybridized carbons (Fsp3) is 0.214. The van der Waals surface area contributed by atoms with Crippen molar-refractivity contribution in [1.29, 1.82) is 0 Å². The van der Waals surface area contributed by atoms with Crippen LogP contribution in [0.4, 0.5) is 4.39 Å². The lowest BCUT2D eigenvalue weighted by atomic mass is 10.2. The van der Waals surface area contributed by atoms with E-state index in [1.54, 1.807) is 11.3 Å². The molecule has 1 N–H and O–H groups in total. The summed E-state index contributed by atoms with van der Waals surface area (Å²) in [5.41, 5.74) is -0.0280. The van der Waals surface area contributed by atoms with Gasteiger partial charge in [0.05, 0.1) is 12.1 Å². The van der Waals surface area contributed by atoms with Crippen LogP contribution in [-0.2, 0) is 13.0 Å². The van der Waals surface area contributed by atoms with E-state index >= 15 is 0 Å². The third kappa shape index (κ3) is 3.55. The number of benzene rings is 1. The van der Waals surface area contributed by atoms with Crippen LogP contribution in [0.25, 0.3) is 0 Å². The number of amides is 1. The summed E-state index contributed by atoms with van der Waals surface area (Å²) in [6.45, 7) is 2.48. The maximum absolute atomic E-state index is 13.5. The average Bonchev–Trinajstić information content (AvgIpc) is 2.87. The fourth-order valence-electron chi connectivity index (χ4n) is 1.64. The van der Waals surface area contributed by atoms with E-state index in [9.17, 15) is 9.18 Å². The maximum atomic E-state index is 13.5.